The zero-order chi connectivity index (χ0) is 13.3. The van der Waals surface area contributed by atoms with E-state index in [4.69, 9.17) is 10.8 Å². The first kappa shape index (κ1) is 12.6. The molecule has 0 radical (unpaired) electrons. The molecule has 0 aliphatic rings. The number of aromatic carboxylic acids is 1. The van der Waals surface area contributed by atoms with Crippen molar-refractivity contribution in [1.82, 2.24) is 9.78 Å². The molecule has 0 bridgehead atoms. The lowest BCUT2D eigenvalue weighted by atomic mass is 10.2. The molecule has 0 aliphatic carbocycles. The van der Waals surface area contributed by atoms with Crippen molar-refractivity contribution in [2.45, 2.75) is 6.54 Å². The van der Waals surface area contributed by atoms with Gasteiger partial charge in [0.05, 0.1) is 16.7 Å². The van der Waals surface area contributed by atoms with Gasteiger partial charge in [0.1, 0.15) is 5.82 Å². The monoisotopic (exact) mass is 313 g/mol. The Hall–Kier alpha value is -1.89. The quantitative estimate of drug-likeness (QED) is 0.909. The minimum Gasteiger partial charge on any atom is -0.476 e. The number of hydrogen-bond donors (Lipinski definition) is 2. The lowest BCUT2D eigenvalue weighted by Gasteiger charge is -2.03. The zero-order valence-corrected chi connectivity index (χ0v) is 10.7. The number of nitrogen functional groups attached to an aromatic ring is 1. The molecular weight excluding hydrogens is 305 g/mol. The van der Waals surface area contributed by atoms with Crippen molar-refractivity contribution in [2.75, 3.05) is 5.73 Å². The molecule has 18 heavy (non-hydrogen) atoms. The molecule has 3 N–H and O–H groups in total. The molecule has 0 fully saturated rings. The van der Waals surface area contributed by atoms with E-state index in [2.05, 4.69) is 21.0 Å². The van der Waals surface area contributed by atoms with E-state index in [1.165, 1.54) is 16.9 Å². The van der Waals surface area contributed by atoms with E-state index in [-0.39, 0.29) is 17.2 Å². The minimum absolute atomic E-state index is 0.101. The lowest BCUT2D eigenvalue weighted by Crippen LogP contribution is -2.04. The van der Waals surface area contributed by atoms with Crippen molar-refractivity contribution in [3.63, 3.8) is 0 Å². The highest BCUT2D eigenvalue weighted by Crippen LogP contribution is 2.18. The second-order valence-corrected chi connectivity index (χ2v) is 4.54. The number of hydrogen-bond acceptors (Lipinski definition) is 3. The topological polar surface area (TPSA) is 81.1 Å². The molecule has 1 aromatic heterocycles. The summed E-state index contributed by atoms with van der Waals surface area (Å²) >= 11 is 3.08. The number of nitrogens with two attached hydrogens (primary N) is 1. The first-order valence-electron chi connectivity index (χ1n) is 4.97. The van der Waals surface area contributed by atoms with Crippen LogP contribution < -0.4 is 5.73 Å². The van der Waals surface area contributed by atoms with Crippen LogP contribution in [0.25, 0.3) is 0 Å². The van der Waals surface area contributed by atoms with Gasteiger partial charge in [-0.2, -0.15) is 5.10 Å². The Bertz CT molecular complexity index is 612. The summed E-state index contributed by atoms with van der Waals surface area (Å²) in [5.74, 6) is -1.53. The first-order chi connectivity index (χ1) is 8.47. The molecule has 7 heteroatoms. The Morgan fingerprint density at radius 3 is 2.83 bits per heavy atom. The lowest BCUT2D eigenvalue weighted by molar-refractivity contribution is 0.0690. The van der Waals surface area contributed by atoms with Gasteiger partial charge in [0.15, 0.2) is 5.69 Å². The van der Waals surface area contributed by atoms with Gasteiger partial charge in [-0.05, 0) is 33.6 Å². The standard InChI is InChI=1S/C11H9BrFN3O2/c12-7-3-6(1-2-8(7)13)4-16-5-9(14)10(15-16)11(17)18/h1-3,5H,4,14H2,(H,17,18). The maximum absolute atomic E-state index is 13.0. The highest BCUT2D eigenvalue weighted by Gasteiger charge is 2.13. The van der Waals surface area contributed by atoms with Crippen LogP contribution in [0, 0.1) is 5.82 Å². The van der Waals surface area contributed by atoms with Crippen molar-refractivity contribution in [1.29, 1.82) is 0 Å². The average molecular weight is 314 g/mol. The number of rotatable bonds is 3. The molecule has 1 heterocycles. The minimum atomic E-state index is -1.17. The SMILES string of the molecule is Nc1cn(Cc2ccc(F)c(Br)c2)nc1C(=O)O. The van der Waals surface area contributed by atoms with Crippen LogP contribution in [0.5, 0.6) is 0 Å². The van der Waals surface area contributed by atoms with Crippen LogP contribution in [0.2, 0.25) is 0 Å². The van der Waals surface area contributed by atoms with Crippen LogP contribution in [0.4, 0.5) is 10.1 Å². The van der Waals surface area contributed by atoms with Gasteiger partial charge in [0, 0.05) is 6.20 Å². The number of nitrogens with zero attached hydrogens (tertiary/aromatic N) is 2. The molecule has 0 atom stereocenters. The van der Waals surface area contributed by atoms with Crippen molar-refractivity contribution >= 4 is 27.6 Å². The summed E-state index contributed by atoms with van der Waals surface area (Å²) in [5, 5.41) is 12.7. The molecule has 0 saturated carbocycles. The van der Waals surface area contributed by atoms with Crippen LogP contribution in [-0.2, 0) is 6.54 Å². The molecule has 0 spiro atoms. The Morgan fingerprint density at radius 2 is 2.28 bits per heavy atom. The van der Waals surface area contributed by atoms with E-state index in [1.807, 2.05) is 0 Å². The number of benzene rings is 1. The first-order valence-corrected chi connectivity index (χ1v) is 5.77. The normalized spacial score (nSPS) is 10.6. The van der Waals surface area contributed by atoms with Gasteiger partial charge in [0.25, 0.3) is 0 Å². The van der Waals surface area contributed by atoms with Gasteiger partial charge in [-0.25, -0.2) is 9.18 Å². The van der Waals surface area contributed by atoms with Crippen molar-refractivity contribution in [3.05, 3.63) is 45.9 Å². The molecule has 0 aliphatic heterocycles. The van der Waals surface area contributed by atoms with Gasteiger partial charge < -0.3 is 10.8 Å². The molecule has 0 unspecified atom stereocenters. The Labute approximate surface area is 110 Å². The summed E-state index contributed by atoms with van der Waals surface area (Å²) in [7, 11) is 0. The number of aromatic nitrogens is 2. The number of anilines is 1. The van der Waals surface area contributed by atoms with E-state index < -0.39 is 5.97 Å². The Kier molecular flexibility index (Phi) is 3.33. The van der Waals surface area contributed by atoms with Gasteiger partial charge in [-0.3, -0.25) is 4.68 Å². The zero-order valence-electron chi connectivity index (χ0n) is 9.10. The second-order valence-electron chi connectivity index (χ2n) is 3.68. The smallest absolute Gasteiger partial charge is 0.358 e. The van der Waals surface area contributed by atoms with E-state index in [0.717, 1.165) is 5.56 Å². The molecule has 0 amide bonds. The van der Waals surface area contributed by atoms with Crippen LogP contribution in [0.15, 0.2) is 28.9 Å². The molecule has 1 aromatic carbocycles. The van der Waals surface area contributed by atoms with Gasteiger partial charge >= 0.3 is 5.97 Å². The number of carbonyl (C=O) groups is 1. The molecule has 5 nitrogen and oxygen atoms in total. The van der Waals surface area contributed by atoms with Crippen LogP contribution in [0.3, 0.4) is 0 Å². The highest BCUT2D eigenvalue weighted by molar-refractivity contribution is 9.10. The van der Waals surface area contributed by atoms with Gasteiger partial charge in [0.2, 0.25) is 0 Å². The Balaban J connectivity index is 2.26. The average Bonchev–Trinajstić information content (AvgIpc) is 2.65. The van der Waals surface area contributed by atoms with Crippen LogP contribution in [-0.4, -0.2) is 20.9 Å². The molecule has 94 valence electrons. The highest BCUT2D eigenvalue weighted by atomic mass is 79.9. The maximum Gasteiger partial charge on any atom is 0.358 e. The number of halogens is 2. The summed E-state index contributed by atoms with van der Waals surface area (Å²) in [6, 6.07) is 4.52. The Morgan fingerprint density at radius 1 is 1.56 bits per heavy atom. The fraction of sp³-hybridized carbons (Fsp3) is 0.0909. The summed E-state index contributed by atoms with van der Waals surface area (Å²) in [4.78, 5) is 10.8. The van der Waals surface area contributed by atoms with Crippen LogP contribution in [0.1, 0.15) is 16.1 Å². The predicted octanol–water partition coefficient (Wildman–Crippen LogP) is 2.11. The summed E-state index contributed by atoms with van der Waals surface area (Å²) in [6.07, 6.45) is 1.43. The fourth-order valence-electron chi connectivity index (χ4n) is 1.51. The van der Waals surface area contributed by atoms with Gasteiger partial charge in [-0.1, -0.05) is 6.07 Å². The molecule has 2 rings (SSSR count). The third kappa shape index (κ3) is 2.51. The number of carboxylic acids is 1. The molecule has 0 saturated heterocycles. The van der Waals surface area contributed by atoms with Crippen molar-refractivity contribution in [2.24, 2.45) is 0 Å². The second kappa shape index (κ2) is 4.77. The number of carboxylic acid groups (broad SMARTS) is 1. The third-order valence-electron chi connectivity index (χ3n) is 2.32. The van der Waals surface area contributed by atoms with E-state index in [0.29, 0.717) is 11.0 Å². The summed E-state index contributed by atoms with van der Waals surface area (Å²) in [6.45, 7) is 0.316. The fourth-order valence-corrected chi connectivity index (χ4v) is 1.94. The molecule has 2 aromatic rings. The van der Waals surface area contributed by atoms with Gasteiger partial charge in [-0.15, -0.1) is 0 Å². The van der Waals surface area contributed by atoms with E-state index in [9.17, 15) is 9.18 Å². The van der Waals surface area contributed by atoms with Crippen molar-refractivity contribution in [3.8, 4) is 0 Å². The summed E-state index contributed by atoms with van der Waals surface area (Å²) < 4.78 is 14.8. The van der Waals surface area contributed by atoms with Crippen molar-refractivity contribution < 1.29 is 14.3 Å². The molecular formula is C11H9BrFN3O2. The maximum atomic E-state index is 13.0. The summed E-state index contributed by atoms with van der Waals surface area (Å²) in [5.41, 5.74) is 6.21. The third-order valence-corrected chi connectivity index (χ3v) is 2.93. The predicted molar refractivity (Wildman–Crippen MR) is 66.8 cm³/mol. The van der Waals surface area contributed by atoms with E-state index in [1.54, 1.807) is 12.1 Å². The van der Waals surface area contributed by atoms with Crippen LogP contribution >= 0.6 is 15.9 Å². The van der Waals surface area contributed by atoms with E-state index >= 15 is 0 Å². The largest absolute Gasteiger partial charge is 0.476 e.